The highest BCUT2D eigenvalue weighted by Gasteiger charge is 2.16. The fourth-order valence-corrected chi connectivity index (χ4v) is 2.20. The lowest BCUT2D eigenvalue weighted by Gasteiger charge is -2.21. The molecule has 0 saturated heterocycles. The third kappa shape index (κ3) is 7.10. The van der Waals surface area contributed by atoms with Crippen LogP contribution in [0.15, 0.2) is 12.1 Å². The number of benzene rings is 1. The Morgan fingerprint density at radius 1 is 1.26 bits per heavy atom. The number of hydrogen-bond donors (Lipinski definition) is 2. The van der Waals surface area contributed by atoms with Crippen LogP contribution in [0.1, 0.15) is 39.7 Å². The van der Waals surface area contributed by atoms with Gasteiger partial charge in [0.05, 0.1) is 7.11 Å². The van der Waals surface area contributed by atoms with E-state index in [9.17, 15) is 4.79 Å². The van der Waals surface area contributed by atoms with Crippen molar-refractivity contribution in [2.24, 2.45) is 0 Å². The predicted molar refractivity (Wildman–Crippen MR) is 93.4 cm³/mol. The molecule has 0 unspecified atom stereocenters. The van der Waals surface area contributed by atoms with Crippen molar-refractivity contribution in [2.75, 3.05) is 20.3 Å². The Labute approximate surface area is 143 Å². The van der Waals surface area contributed by atoms with Gasteiger partial charge in [0, 0.05) is 23.2 Å². The van der Waals surface area contributed by atoms with Gasteiger partial charge in [-0.1, -0.05) is 18.5 Å². The molecule has 0 saturated carbocycles. The number of halogens is 1. The van der Waals surface area contributed by atoms with Crippen LogP contribution < -0.4 is 20.1 Å². The van der Waals surface area contributed by atoms with Crippen molar-refractivity contribution in [3.8, 4) is 11.5 Å². The van der Waals surface area contributed by atoms with Crippen molar-refractivity contribution in [1.82, 2.24) is 10.6 Å². The van der Waals surface area contributed by atoms with Crippen molar-refractivity contribution in [1.29, 1.82) is 0 Å². The molecular weight excluding hydrogens is 316 g/mol. The first-order chi connectivity index (χ1) is 10.8. The smallest absolute Gasteiger partial charge is 0.258 e. The van der Waals surface area contributed by atoms with E-state index >= 15 is 0 Å². The molecule has 130 valence electrons. The van der Waals surface area contributed by atoms with Gasteiger partial charge in [0.15, 0.2) is 18.1 Å². The summed E-state index contributed by atoms with van der Waals surface area (Å²) in [5.74, 6) is 0.830. The summed E-state index contributed by atoms with van der Waals surface area (Å²) in [6.07, 6.45) is 1.05. The topological polar surface area (TPSA) is 59.6 Å². The van der Waals surface area contributed by atoms with Crippen molar-refractivity contribution < 1.29 is 14.3 Å². The molecule has 0 fully saturated rings. The Bertz CT molecular complexity index is 527. The highest BCUT2D eigenvalue weighted by Crippen LogP contribution is 2.33. The second-order valence-electron chi connectivity index (χ2n) is 6.36. The number of hydrogen-bond acceptors (Lipinski definition) is 4. The largest absolute Gasteiger partial charge is 0.493 e. The van der Waals surface area contributed by atoms with E-state index in [1.807, 2.05) is 26.8 Å². The maximum atomic E-state index is 11.8. The van der Waals surface area contributed by atoms with Crippen LogP contribution in [0, 0.1) is 0 Å². The molecule has 0 bridgehead atoms. The molecule has 1 aromatic rings. The Morgan fingerprint density at radius 2 is 1.96 bits per heavy atom. The van der Waals surface area contributed by atoms with Crippen molar-refractivity contribution in [3.63, 3.8) is 0 Å². The van der Waals surface area contributed by atoms with Crippen molar-refractivity contribution >= 4 is 17.5 Å². The van der Waals surface area contributed by atoms with Crippen LogP contribution in [-0.4, -0.2) is 31.7 Å². The third-order valence-corrected chi connectivity index (χ3v) is 3.30. The average Bonchev–Trinajstić information content (AvgIpc) is 2.45. The minimum atomic E-state index is -0.295. The zero-order valence-electron chi connectivity index (χ0n) is 14.6. The monoisotopic (exact) mass is 342 g/mol. The summed E-state index contributed by atoms with van der Waals surface area (Å²) in [6.45, 7) is 9.35. The van der Waals surface area contributed by atoms with Gasteiger partial charge in [-0.15, -0.1) is 0 Å². The first-order valence-electron chi connectivity index (χ1n) is 7.77. The first-order valence-corrected chi connectivity index (χ1v) is 8.15. The summed E-state index contributed by atoms with van der Waals surface area (Å²) in [5, 5.41) is 6.72. The van der Waals surface area contributed by atoms with Gasteiger partial charge in [-0.25, -0.2) is 0 Å². The number of methoxy groups -OCH3 is 1. The fourth-order valence-electron chi connectivity index (χ4n) is 1.98. The predicted octanol–water partition coefficient (Wildman–Crippen LogP) is 3.14. The van der Waals surface area contributed by atoms with Crippen LogP contribution in [0.25, 0.3) is 0 Å². The molecule has 0 heterocycles. The Morgan fingerprint density at radius 3 is 2.52 bits per heavy atom. The third-order valence-electron chi connectivity index (χ3n) is 2.95. The Kier molecular flexibility index (Phi) is 7.65. The molecule has 0 aromatic heterocycles. The quantitative estimate of drug-likeness (QED) is 0.712. The van der Waals surface area contributed by atoms with Gasteiger partial charge in [0.1, 0.15) is 0 Å². The van der Waals surface area contributed by atoms with Crippen molar-refractivity contribution in [2.45, 2.75) is 46.2 Å². The number of nitrogens with one attached hydrogen (secondary N) is 2. The zero-order chi connectivity index (χ0) is 17.5. The summed E-state index contributed by atoms with van der Waals surface area (Å²) in [7, 11) is 1.56. The number of carbonyl (C=O) groups is 1. The molecule has 0 aliphatic heterocycles. The number of ether oxygens (including phenoxy) is 2. The molecule has 0 aliphatic carbocycles. The summed E-state index contributed by atoms with van der Waals surface area (Å²) in [6, 6.07) is 3.52. The van der Waals surface area contributed by atoms with E-state index in [1.165, 1.54) is 0 Å². The second-order valence-corrected chi connectivity index (χ2v) is 6.77. The van der Waals surface area contributed by atoms with Gasteiger partial charge in [-0.3, -0.25) is 4.79 Å². The lowest BCUT2D eigenvalue weighted by Crippen LogP contribution is -2.43. The molecule has 2 N–H and O–H groups in total. The maximum absolute atomic E-state index is 11.8. The van der Waals surface area contributed by atoms with Gasteiger partial charge in [-0.2, -0.15) is 0 Å². The minimum absolute atomic E-state index is 0.0859. The molecule has 0 spiro atoms. The molecule has 6 heteroatoms. The normalized spacial score (nSPS) is 11.2. The van der Waals surface area contributed by atoms with E-state index in [0.717, 1.165) is 18.5 Å². The summed E-state index contributed by atoms with van der Waals surface area (Å²) >= 11 is 6.28. The van der Waals surface area contributed by atoms with Crippen LogP contribution in [0.5, 0.6) is 11.5 Å². The highest BCUT2D eigenvalue weighted by molar-refractivity contribution is 6.31. The van der Waals surface area contributed by atoms with Gasteiger partial charge in [-0.05, 0) is 45.4 Å². The number of carbonyl (C=O) groups excluding carboxylic acids is 1. The molecule has 0 atom stereocenters. The number of rotatable bonds is 8. The summed E-state index contributed by atoms with van der Waals surface area (Å²) in [5.41, 5.74) is 0.639. The van der Waals surface area contributed by atoms with E-state index in [0.29, 0.717) is 23.1 Å². The van der Waals surface area contributed by atoms with Gasteiger partial charge in [0.25, 0.3) is 5.91 Å². The average molecular weight is 343 g/mol. The van der Waals surface area contributed by atoms with Crippen LogP contribution in [-0.2, 0) is 11.3 Å². The van der Waals surface area contributed by atoms with Crippen molar-refractivity contribution in [3.05, 3.63) is 22.7 Å². The summed E-state index contributed by atoms with van der Waals surface area (Å²) < 4.78 is 10.9. The standard InChI is InChI=1S/C17H27ClN2O3/c1-6-7-19-10-12-8-14(22-5)15(9-13(12)18)23-11-16(21)20-17(2,3)4/h8-9,19H,6-7,10-11H2,1-5H3,(H,20,21). The maximum Gasteiger partial charge on any atom is 0.258 e. The van der Waals surface area contributed by atoms with Crippen LogP contribution in [0.4, 0.5) is 0 Å². The van der Waals surface area contributed by atoms with Crippen LogP contribution in [0.3, 0.4) is 0 Å². The molecular formula is C17H27ClN2O3. The molecule has 0 aliphatic rings. The molecule has 1 aromatic carbocycles. The lowest BCUT2D eigenvalue weighted by atomic mass is 10.1. The fraction of sp³-hybridized carbons (Fsp3) is 0.588. The van der Waals surface area contributed by atoms with E-state index in [2.05, 4.69) is 17.6 Å². The van der Waals surface area contributed by atoms with Gasteiger partial charge in [0.2, 0.25) is 0 Å². The highest BCUT2D eigenvalue weighted by atomic mass is 35.5. The van der Waals surface area contributed by atoms with Gasteiger partial charge >= 0.3 is 0 Å². The van der Waals surface area contributed by atoms with E-state index < -0.39 is 0 Å². The van der Waals surface area contributed by atoms with Gasteiger partial charge < -0.3 is 20.1 Å². The zero-order valence-corrected chi connectivity index (χ0v) is 15.3. The molecule has 5 nitrogen and oxygen atoms in total. The minimum Gasteiger partial charge on any atom is -0.493 e. The van der Waals surface area contributed by atoms with E-state index in [4.69, 9.17) is 21.1 Å². The second kappa shape index (κ2) is 8.99. The molecule has 23 heavy (non-hydrogen) atoms. The molecule has 1 amide bonds. The number of amides is 1. The molecule has 0 radical (unpaired) electrons. The molecule has 1 rings (SSSR count). The lowest BCUT2D eigenvalue weighted by molar-refractivity contribution is -0.124. The van der Waals surface area contributed by atoms with E-state index in [-0.39, 0.29) is 18.1 Å². The van der Waals surface area contributed by atoms with E-state index in [1.54, 1.807) is 13.2 Å². The van der Waals surface area contributed by atoms with Crippen LogP contribution in [0.2, 0.25) is 5.02 Å². The first kappa shape index (κ1) is 19.6. The SMILES string of the molecule is CCCNCc1cc(OC)c(OCC(=O)NC(C)(C)C)cc1Cl. The Hall–Kier alpha value is -1.46. The summed E-state index contributed by atoms with van der Waals surface area (Å²) in [4.78, 5) is 11.8. The Balaban J connectivity index is 2.75. The van der Waals surface area contributed by atoms with Crippen LogP contribution >= 0.6 is 11.6 Å².